The van der Waals surface area contributed by atoms with E-state index in [1.807, 2.05) is 17.7 Å². The van der Waals surface area contributed by atoms with Gasteiger partial charge in [-0.15, -0.1) is 0 Å². The molecule has 1 aromatic rings. The number of aromatic nitrogens is 2. The van der Waals surface area contributed by atoms with Gasteiger partial charge in [0, 0.05) is 6.07 Å². The first-order valence-corrected chi connectivity index (χ1v) is 5.61. The molecule has 3 rings (SSSR count). The van der Waals surface area contributed by atoms with Crippen molar-refractivity contribution in [2.24, 2.45) is 0 Å². The Labute approximate surface area is 88.7 Å². The van der Waals surface area contributed by atoms with Crippen molar-refractivity contribution < 1.29 is 4.79 Å². The monoisotopic (exact) mass is 205 g/mol. The summed E-state index contributed by atoms with van der Waals surface area (Å²) < 4.78 is 1.92. The fourth-order valence-corrected chi connectivity index (χ4v) is 2.82. The third-order valence-electron chi connectivity index (χ3n) is 3.58. The maximum atomic E-state index is 12.0. The van der Waals surface area contributed by atoms with Crippen LogP contribution in [0.4, 0.5) is 5.82 Å². The summed E-state index contributed by atoms with van der Waals surface area (Å²) in [5.74, 6) is 1.02. The lowest BCUT2D eigenvalue weighted by Crippen LogP contribution is -2.41. The van der Waals surface area contributed by atoms with Crippen molar-refractivity contribution in [2.45, 2.75) is 44.6 Å². The van der Waals surface area contributed by atoms with Crippen LogP contribution in [0.5, 0.6) is 0 Å². The number of anilines is 1. The highest BCUT2D eigenvalue weighted by molar-refractivity contribution is 6.00. The van der Waals surface area contributed by atoms with Gasteiger partial charge in [-0.05, 0) is 19.8 Å². The predicted molar refractivity (Wildman–Crippen MR) is 56.7 cm³/mol. The van der Waals surface area contributed by atoms with Gasteiger partial charge in [0.25, 0.3) is 5.91 Å². The SMILES string of the molecule is Cc1cc2n(n1)C1(CCCCC1)C(=O)N2. The highest BCUT2D eigenvalue weighted by Gasteiger charge is 2.47. The first kappa shape index (κ1) is 8.95. The molecule has 1 aromatic heterocycles. The number of nitrogens with zero attached hydrogens (tertiary/aromatic N) is 2. The summed E-state index contributed by atoms with van der Waals surface area (Å²) in [6.07, 6.45) is 5.38. The number of carbonyl (C=O) groups is 1. The molecule has 1 aliphatic carbocycles. The van der Waals surface area contributed by atoms with E-state index >= 15 is 0 Å². The predicted octanol–water partition coefficient (Wildman–Crippen LogP) is 1.80. The summed E-state index contributed by atoms with van der Waals surface area (Å²) in [5.41, 5.74) is 0.622. The summed E-state index contributed by atoms with van der Waals surface area (Å²) in [6.45, 7) is 1.97. The van der Waals surface area contributed by atoms with E-state index in [4.69, 9.17) is 0 Å². The quantitative estimate of drug-likeness (QED) is 0.702. The van der Waals surface area contributed by atoms with Gasteiger partial charge in [0.1, 0.15) is 11.4 Å². The number of hydrogen-bond donors (Lipinski definition) is 1. The average molecular weight is 205 g/mol. The second-order valence-corrected chi connectivity index (χ2v) is 4.63. The van der Waals surface area contributed by atoms with E-state index in [0.717, 1.165) is 37.2 Å². The van der Waals surface area contributed by atoms with Crippen LogP contribution in [-0.2, 0) is 10.3 Å². The fraction of sp³-hybridized carbons (Fsp3) is 0.636. The number of aryl methyl sites for hydroxylation is 1. The minimum absolute atomic E-state index is 0.143. The molecule has 1 spiro atoms. The number of fused-ring (bicyclic) bond motifs is 2. The van der Waals surface area contributed by atoms with Gasteiger partial charge in [-0.25, -0.2) is 4.68 Å². The molecule has 1 fully saturated rings. The number of hydrogen-bond acceptors (Lipinski definition) is 2. The van der Waals surface area contributed by atoms with Crippen molar-refractivity contribution in [2.75, 3.05) is 5.32 Å². The van der Waals surface area contributed by atoms with Crippen LogP contribution in [0.3, 0.4) is 0 Å². The van der Waals surface area contributed by atoms with Crippen LogP contribution < -0.4 is 5.32 Å². The number of amides is 1. The molecule has 1 aliphatic heterocycles. The smallest absolute Gasteiger partial charge is 0.253 e. The second-order valence-electron chi connectivity index (χ2n) is 4.63. The summed E-state index contributed by atoms with van der Waals surface area (Å²) >= 11 is 0. The van der Waals surface area contributed by atoms with Crippen LogP contribution in [-0.4, -0.2) is 15.7 Å². The maximum Gasteiger partial charge on any atom is 0.253 e. The zero-order valence-corrected chi connectivity index (χ0v) is 8.92. The van der Waals surface area contributed by atoms with Crippen molar-refractivity contribution in [3.8, 4) is 0 Å². The zero-order valence-electron chi connectivity index (χ0n) is 8.92. The molecular weight excluding hydrogens is 190 g/mol. The van der Waals surface area contributed by atoms with Gasteiger partial charge in [0.05, 0.1) is 5.69 Å². The third-order valence-corrected chi connectivity index (χ3v) is 3.58. The molecule has 1 saturated carbocycles. The molecule has 0 atom stereocenters. The molecule has 0 bridgehead atoms. The maximum absolute atomic E-state index is 12.0. The van der Waals surface area contributed by atoms with Crippen molar-refractivity contribution in [3.63, 3.8) is 0 Å². The Morgan fingerprint density at radius 1 is 1.40 bits per heavy atom. The summed E-state index contributed by atoms with van der Waals surface area (Å²) in [6, 6.07) is 1.95. The van der Waals surface area contributed by atoms with E-state index in [1.165, 1.54) is 6.42 Å². The lowest BCUT2D eigenvalue weighted by atomic mass is 9.82. The molecule has 0 radical (unpaired) electrons. The van der Waals surface area contributed by atoms with E-state index in [2.05, 4.69) is 10.4 Å². The molecule has 1 N–H and O–H groups in total. The van der Waals surface area contributed by atoms with Gasteiger partial charge in [-0.3, -0.25) is 4.79 Å². The van der Waals surface area contributed by atoms with Gasteiger partial charge in [-0.1, -0.05) is 19.3 Å². The zero-order chi connectivity index (χ0) is 10.5. The molecule has 2 heterocycles. The standard InChI is InChI=1S/C11H15N3O/c1-8-7-9-12-10(15)11(14(9)13-8)5-3-2-4-6-11/h7H,2-6H2,1H3,(H,12,15). The van der Waals surface area contributed by atoms with E-state index < -0.39 is 0 Å². The molecule has 15 heavy (non-hydrogen) atoms. The normalized spacial score (nSPS) is 22.9. The molecule has 2 aliphatic rings. The van der Waals surface area contributed by atoms with E-state index in [1.54, 1.807) is 0 Å². The number of carbonyl (C=O) groups excluding carboxylic acids is 1. The lowest BCUT2D eigenvalue weighted by molar-refractivity contribution is -0.124. The van der Waals surface area contributed by atoms with Crippen LogP contribution in [0.1, 0.15) is 37.8 Å². The molecule has 0 unspecified atom stereocenters. The van der Waals surface area contributed by atoms with Crippen LogP contribution in [0.15, 0.2) is 6.07 Å². The summed E-state index contributed by atoms with van der Waals surface area (Å²) in [5, 5.41) is 7.39. The highest BCUT2D eigenvalue weighted by atomic mass is 16.2. The average Bonchev–Trinajstić information content (AvgIpc) is 2.69. The van der Waals surface area contributed by atoms with Crippen LogP contribution >= 0.6 is 0 Å². The van der Waals surface area contributed by atoms with E-state index in [0.29, 0.717) is 0 Å². The Bertz CT molecular complexity index is 415. The Kier molecular flexibility index (Phi) is 1.69. The molecule has 0 saturated heterocycles. The molecule has 0 aromatic carbocycles. The largest absolute Gasteiger partial charge is 0.309 e. The highest BCUT2D eigenvalue weighted by Crippen LogP contribution is 2.41. The first-order chi connectivity index (χ1) is 7.22. The number of nitrogens with one attached hydrogen (secondary N) is 1. The fourth-order valence-electron chi connectivity index (χ4n) is 2.82. The first-order valence-electron chi connectivity index (χ1n) is 5.61. The van der Waals surface area contributed by atoms with Gasteiger partial charge in [0.2, 0.25) is 0 Å². The molecular formula is C11H15N3O. The van der Waals surface area contributed by atoms with Gasteiger partial charge in [0.15, 0.2) is 0 Å². The molecule has 4 heteroatoms. The molecule has 1 amide bonds. The van der Waals surface area contributed by atoms with Crippen molar-refractivity contribution in [3.05, 3.63) is 11.8 Å². The lowest BCUT2D eigenvalue weighted by Gasteiger charge is -2.31. The topological polar surface area (TPSA) is 46.9 Å². The Balaban J connectivity index is 2.10. The van der Waals surface area contributed by atoms with Crippen molar-refractivity contribution >= 4 is 11.7 Å². The van der Waals surface area contributed by atoms with Crippen molar-refractivity contribution in [1.29, 1.82) is 0 Å². The molecule has 4 nitrogen and oxygen atoms in total. The van der Waals surface area contributed by atoms with Crippen LogP contribution in [0, 0.1) is 6.92 Å². The van der Waals surface area contributed by atoms with Crippen LogP contribution in [0.25, 0.3) is 0 Å². The van der Waals surface area contributed by atoms with Crippen molar-refractivity contribution in [1.82, 2.24) is 9.78 Å². The summed E-state index contributed by atoms with van der Waals surface area (Å²) in [7, 11) is 0. The number of rotatable bonds is 0. The Morgan fingerprint density at radius 3 is 2.87 bits per heavy atom. The Morgan fingerprint density at radius 2 is 2.13 bits per heavy atom. The summed E-state index contributed by atoms with van der Waals surface area (Å²) in [4.78, 5) is 12.0. The Hall–Kier alpha value is -1.32. The minimum Gasteiger partial charge on any atom is -0.309 e. The van der Waals surface area contributed by atoms with Gasteiger partial charge < -0.3 is 5.32 Å². The third kappa shape index (κ3) is 1.07. The van der Waals surface area contributed by atoms with E-state index in [-0.39, 0.29) is 11.4 Å². The van der Waals surface area contributed by atoms with Crippen LogP contribution in [0.2, 0.25) is 0 Å². The van der Waals surface area contributed by atoms with Gasteiger partial charge in [-0.2, -0.15) is 5.10 Å². The minimum atomic E-state index is -0.359. The molecule has 80 valence electrons. The van der Waals surface area contributed by atoms with E-state index in [9.17, 15) is 4.79 Å². The van der Waals surface area contributed by atoms with Gasteiger partial charge >= 0.3 is 0 Å². The second kappa shape index (κ2) is 2.84.